The molecule has 92 valence electrons. The normalized spacial score (nSPS) is 13.4. The predicted molar refractivity (Wildman–Crippen MR) is 65.2 cm³/mol. The summed E-state index contributed by atoms with van der Waals surface area (Å²) in [4.78, 5) is 0. The van der Waals surface area contributed by atoms with E-state index < -0.39 is 0 Å². The second kappa shape index (κ2) is 10.4. The summed E-state index contributed by atoms with van der Waals surface area (Å²) in [6.07, 6.45) is 6.25. The lowest BCUT2D eigenvalue weighted by molar-refractivity contribution is 0.0202. The van der Waals surface area contributed by atoms with E-state index in [1.807, 2.05) is 0 Å². The number of methoxy groups -OCH3 is 1. The third kappa shape index (κ3) is 7.80. The van der Waals surface area contributed by atoms with Crippen LogP contribution in [0.3, 0.4) is 0 Å². The molecular formula is C13H28O2. The Hall–Kier alpha value is -0.0800. The van der Waals surface area contributed by atoms with Gasteiger partial charge >= 0.3 is 0 Å². The average Bonchev–Trinajstić information content (AvgIpc) is 2.28. The van der Waals surface area contributed by atoms with Crippen LogP contribution in [0.2, 0.25) is 0 Å². The first-order valence-corrected chi connectivity index (χ1v) is 6.38. The molecule has 0 radical (unpaired) electrons. The van der Waals surface area contributed by atoms with E-state index in [0.717, 1.165) is 32.0 Å². The van der Waals surface area contributed by atoms with Gasteiger partial charge in [-0.3, -0.25) is 0 Å². The zero-order valence-corrected chi connectivity index (χ0v) is 10.9. The molecule has 0 aromatic carbocycles. The van der Waals surface area contributed by atoms with Gasteiger partial charge in [-0.15, -0.1) is 0 Å². The highest BCUT2D eigenvalue weighted by molar-refractivity contribution is 4.58. The topological polar surface area (TPSA) is 18.5 Å². The lowest BCUT2D eigenvalue weighted by Gasteiger charge is -2.18. The van der Waals surface area contributed by atoms with Crippen LogP contribution in [-0.4, -0.2) is 26.4 Å². The molecule has 0 heterocycles. The minimum absolute atomic E-state index is 0.388. The second-order valence-corrected chi connectivity index (χ2v) is 4.15. The van der Waals surface area contributed by atoms with Crippen LogP contribution in [0, 0.1) is 5.92 Å². The fraction of sp³-hybridized carbons (Fsp3) is 1.00. The number of ether oxygens (including phenoxy) is 2. The van der Waals surface area contributed by atoms with Gasteiger partial charge in [0.2, 0.25) is 0 Å². The van der Waals surface area contributed by atoms with Gasteiger partial charge in [0.1, 0.15) is 0 Å². The van der Waals surface area contributed by atoms with Crippen molar-refractivity contribution in [3.8, 4) is 0 Å². The lowest BCUT2D eigenvalue weighted by atomic mass is 10.0. The molecule has 0 rings (SSSR count). The van der Waals surface area contributed by atoms with Crippen molar-refractivity contribution in [2.75, 3.05) is 20.3 Å². The van der Waals surface area contributed by atoms with Crippen LogP contribution in [0.15, 0.2) is 0 Å². The van der Waals surface area contributed by atoms with Gasteiger partial charge in [-0.2, -0.15) is 0 Å². The van der Waals surface area contributed by atoms with Gasteiger partial charge in [-0.25, -0.2) is 0 Å². The molecule has 2 heteroatoms. The third-order valence-corrected chi connectivity index (χ3v) is 3.13. The first kappa shape index (κ1) is 14.9. The third-order valence-electron chi connectivity index (χ3n) is 3.13. The van der Waals surface area contributed by atoms with Crippen LogP contribution in [0.5, 0.6) is 0 Å². The Morgan fingerprint density at radius 2 is 1.53 bits per heavy atom. The number of hydrogen-bond donors (Lipinski definition) is 0. The van der Waals surface area contributed by atoms with Gasteiger partial charge in [-0.05, 0) is 25.2 Å². The number of hydrogen-bond acceptors (Lipinski definition) is 2. The zero-order chi connectivity index (χ0) is 11.5. The van der Waals surface area contributed by atoms with Gasteiger partial charge in [0.15, 0.2) is 0 Å². The van der Waals surface area contributed by atoms with Crippen molar-refractivity contribution < 1.29 is 9.47 Å². The van der Waals surface area contributed by atoms with Gasteiger partial charge in [0.05, 0.1) is 6.10 Å². The Morgan fingerprint density at radius 3 is 2.00 bits per heavy atom. The fourth-order valence-electron chi connectivity index (χ4n) is 1.75. The highest BCUT2D eigenvalue weighted by atomic mass is 16.5. The molecule has 0 aromatic rings. The van der Waals surface area contributed by atoms with Crippen molar-refractivity contribution in [3.63, 3.8) is 0 Å². The summed E-state index contributed by atoms with van der Waals surface area (Å²) >= 11 is 0. The quantitative estimate of drug-likeness (QED) is 0.555. The highest BCUT2D eigenvalue weighted by Crippen LogP contribution is 2.13. The molecule has 0 spiro atoms. The molecule has 0 fully saturated rings. The van der Waals surface area contributed by atoms with E-state index in [4.69, 9.17) is 9.47 Å². The van der Waals surface area contributed by atoms with Gasteiger partial charge < -0.3 is 9.47 Å². The van der Waals surface area contributed by atoms with E-state index in [1.165, 1.54) is 19.3 Å². The van der Waals surface area contributed by atoms with E-state index in [-0.39, 0.29) is 0 Å². The molecule has 0 saturated carbocycles. The first-order chi connectivity index (χ1) is 7.28. The first-order valence-electron chi connectivity index (χ1n) is 6.38. The van der Waals surface area contributed by atoms with E-state index in [9.17, 15) is 0 Å². The van der Waals surface area contributed by atoms with Crippen molar-refractivity contribution >= 4 is 0 Å². The van der Waals surface area contributed by atoms with E-state index in [0.29, 0.717) is 6.10 Å². The Balaban J connectivity index is 3.52. The maximum Gasteiger partial charge on any atom is 0.0594 e. The Kier molecular flexibility index (Phi) is 10.4. The van der Waals surface area contributed by atoms with E-state index in [1.54, 1.807) is 7.11 Å². The van der Waals surface area contributed by atoms with Crippen LogP contribution in [-0.2, 0) is 9.47 Å². The van der Waals surface area contributed by atoms with Crippen molar-refractivity contribution in [2.24, 2.45) is 5.92 Å². The molecular weight excluding hydrogens is 188 g/mol. The molecule has 0 N–H and O–H groups in total. The van der Waals surface area contributed by atoms with Crippen molar-refractivity contribution in [1.29, 1.82) is 0 Å². The summed E-state index contributed by atoms with van der Waals surface area (Å²) in [6, 6.07) is 0. The van der Waals surface area contributed by atoms with Crippen molar-refractivity contribution in [2.45, 2.75) is 59.0 Å². The molecule has 1 unspecified atom stereocenters. The molecule has 2 nitrogen and oxygen atoms in total. The fourth-order valence-corrected chi connectivity index (χ4v) is 1.75. The Labute approximate surface area is 95.3 Å². The molecule has 0 aliphatic heterocycles. The summed E-state index contributed by atoms with van der Waals surface area (Å²) < 4.78 is 10.9. The standard InChI is InChI=1S/C13H28O2/c1-5-12(6-2)8-11-15-13(7-3)9-10-14-4/h12-13H,5-11H2,1-4H3. The predicted octanol–water partition coefficient (Wildman–Crippen LogP) is 3.64. The van der Waals surface area contributed by atoms with Crippen molar-refractivity contribution in [1.82, 2.24) is 0 Å². The van der Waals surface area contributed by atoms with E-state index in [2.05, 4.69) is 20.8 Å². The largest absolute Gasteiger partial charge is 0.385 e. The summed E-state index contributed by atoms with van der Waals surface area (Å²) in [5.41, 5.74) is 0. The Bertz CT molecular complexity index is 122. The molecule has 15 heavy (non-hydrogen) atoms. The summed E-state index contributed by atoms with van der Waals surface area (Å²) in [5.74, 6) is 0.838. The molecule has 0 aromatic heterocycles. The van der Waals surface area contributed by atoms with Crippen LogP contribution in [0.1, 0.15) is 52.9 Å². The van der Waals surface area contributed by atoms with Crippen LogP contribution < -0.4 is 0 Å². The molecule has 0 amide bonds. The summed E-state index contributed by atoms with van der Waals surface area (Å²) in [7, 11) is 1.75. The zero-order valence-electron chi connectivity index (χ0n) is 10.9. The number of rotatable bonds is 10. The second-order valence-electron chi connectivity index (χ2n) is 4.15. The molecule has 0 bridgehead atoms. The van der Waals surface area contributed by atoms with E-state index >= 15 is 0 Å². The van der Waals surface area contributed by atoms with Crippen molar-refractivity contribution in [3.05, 3.63) is 0 Å². The van der Waals surface area contributed by atoms with Gasteiger partial charge in [0, 0.05) is 20.3 Å². The smallest absolute Gasteiger partial charge is 0.0594 e. The SMILES string of the molecule is CCC(CC)CCOC(CC)CCOC. The van der Waals surface area contributed by atoms with Crippen LogP contribution in [0.4, 0.5) is 0 Å². The summed E-state index contributed by atoms with van der Waals surface area (Å²) in [6.45, 7) is 8.42. The summed E-state index contributed by atoms with van der Waals surface area (Å²) in [5, 5.41) is 0. The maximum atomic E-state index is 5.85. The maximum absolute atomic E-state index is 5.85. The molecule has 1 atom stereocenters. The monoisotopic (exact) mass is 216 g/mol. The minimum Gasteiger partial charge on any atom is -0.385 e. The minimum atomic E-state index is 0.388. The van der Waals surface area contributed by atoms with Crippen LogP contribution >= 0.6 is 0 Å². The van der Waals surface area contributed by atoms with Gasteiger partial charge in [-0.1, -0.05) is 33.6 Å². The molecule has 0 aliphatic rings. The van der Waals surface area contributed by atoms with Gasteiger partial charge in [0.25, 0.3) is 0 Å². The Morgan fingerprint density at radius 1 is 0.867 bits per heavy atom. The lowest BCUT2D eigenvalue weighted by Crippen LogP contribution is -2.16. The highest BCUT2D eigenvalue weighted by Gasteiger charge is 2.08. The average molecular weight is 216 g/mol. The van der Waals surface area contributed by atoms with Crippen LogP contribution in [0.25, 0.3) is 0 Å². The molecule has 0 aliphatic carbocycles. The molecule has 0 saturated heterocycles.